The molecule has 0 saturated heterocycles. The topological polar surface area (TPSA) is 13.1 Å². The Morgan fingerprint density at radius 1 is 0.472 bits per heavy atom. The molecule has 1 aliphatic heterocycles. The predicted octanol–water partition coefficient (Wildman–Crippen LogP) is 10.3. The average molecular weight is 855 g/mol. The van der Waals surface area contributed by atoms with E-state index in [0.717, 1.165) is 97.1 Å². The molecule has 0 amide bonds. The van der Waals surface area contributed by atoms with Crippen molar-refractivity contribution in [2.24, 2.45) is 5.92 Å². The summed E-state index contributed by atoms with van der Waals surface area (Å²) in [4.78, 5) is 3.90. The van der Waals surface area contributed by atoms with Crippen LogP contribution in [0.3, 0.4) is 0 Å². The monoisotopic (exact) mass is 853 g/mol. The Balaban J connectivity index is 0.000000232. The van der Waals surface area contributed by atoms with Gasteiger partial charge in [0.05, 0.1) is 4.99 Å². The van der Waals surface area contributed by atoms with Crippen LogP contribution in [0.4, 0.5) is 0 Å². The molecule has 4 aromatic carbocycles. The number of nitrogens with zero attached hydrogens (tertiary/aromatic N) is 3. The van der Waals surface area contributed by atoms with Gasteiger partial charge in [0.2, 0.25) is 0 Å². The van der Waals surface area contributed by atoms with Gasteiger partial charge in [-0.2, -0.15) is 4.91 Å². The average Bonchev–Trinajstić information content (AvgIpc) is 3.51. The molecule has 0 radical (unpaired) electrons. The Labute approximate surface area is 359 Å². The molecule has 0 aliphatic carbocycles. The smallest absolute Gasteiger partial charge is 0.176 e. The molecule has 6 rings (SSSR count). The Morgan fingerprint density at radius 2 is 0.811 bits per heavy atom. The quantitative estimate of drug-likeness (QED) is 0.0550. The van der Waals surface area contributed by atoms with Crippen molar-refractivity contribution in [1.29, 1.82) is 0 Å². The first-order valence-corrected chi connectivity index (χ1v) is 20.5. The Morgan fingerprint density at radius 3 is 1.19 bits per heavy atom. The van der Waals surface area contributed by atoms with E-state index in [9.17, 15) is 0 Å². The fraction of sp³-hybridized carbons (Fsp3) is 0.302. The van der Waals surface area contributed by atoms with E-state index in [1.54, 1.807) is 0 Å². The van der Waals surface area contributed by atoms with Gasteiger partial charge in [0, 0.05) is 42.0 Å². The molecule has 2 heterocycles. The molecule has 1 aliphatic rings. The van der Waals surface area contributed by atoms with Crippen LogP contribution in [-0.2, 0) is 106 Å². The second-order valence-corrected chi connectivity index (χ2v) is 15.4. The SMILES string of the molecule is S=C1C(CCCc2ccccc2)C([S-])=C([S-])N1CCCc1ccccc1.S=c1n(CCCc2ccccc2)c([S-])c([S-])n1CCCc1ccccc1.[Ni]. The fourth-order valence-electron chi connectivity index (χ4n) is 6.51. The zero-order chi connectivity index (χ0) is 36.7. The molecule has 3 nitrogen and oxygen atoms in total. The standard InChI is InChI=1S/C22H25NS3.C21H24N2S3.Ni/c24-20-19(15-7-13-17-9-3-1-4-10-17)21(25)23(22(20)26)16-8-14-18-11-5-2-6-12-18;24-19-20(25)23(16-8-14-18-11-5-2-6-12-18)21(26)22(19)15-7-13-17-9-3-1-4-10-17;/h1-6,9-12,19,24,26H,7-8,13-16H2;1-6,9-12,24-25H,7-8,13-16H2;/p-4. The van der Waals surface area contributed by atoms with Crippen LogP contribution in [0.5, 0.6) is 0 Å². The zero-order valence-corrected chi connectivity index (χ0v) is 35.6. The second kappa shape index (κ2) is 22.6. The van der Waals surface area contributed by atoms with E-state index >= 15 is 0 Å². The minimum atomic E-state index is 0. The zero-order valence-electron chi connectivity index (χ0n) is 29.7. The van der Waals surface area contributed by atoms with Crippen LogP contribution in [0.25, 0.3) is 0 Å². The number of rotatable bonds is 16. The van der Waals surface area contributed by atoms with E-state index in [-0.39, 0.29) is 22.4 Å². The molecule has 0 fully saturated rings. The van der Waals surface area contributed by atoms with Crippen molar-refractivity contribution < 1.29 is 16.5 Å². The third-order valence-electron chi connectivity index (χ3n) is 9.34. The van der Waals surface area contributed by atoms with Crippen LogP contribution >= 0.6 is 24.4 Å². The molecular formula is C43H45N3NiS6-4. The first kappa shape index (κ1) is 43.0. The first-order valence-electron chi connectivity index (χ1n) is 18.1. The molecule has 53 heavy (non-hydrogen) atoms. The van der Waals surface area contributed by atoms with Gasteiger partial charge in [-0.15, -0.1) is 15.1 Å². The van der Waals surface area contributed by atoms with E-state index in [4.69, 9.17) is 75.0 Å². The maximum absolute atomic E-state index is 5.73. The van der Waals surface area contributed by atoms with Crippen molar-refractivity contribution in [3.05, 3.63) is 158 Å². The summed E-state index contributed by atoms with van der Waals surface area (Å²) >= 11 is 33.7. The Hall–Kier alpha value is -2.69. The van der Waals surface area contributed by atoms with E-state index < -0.39 is 0 Å². The minimum Gasteiger partial charge on any atom is -0.783 e. The van der Waals surface area contributed by atoms with Crippen LogP contribution in [0.15, 0.2) is 141 Å². The second-order valence-electron chi connectivity index (χ2n) is 13.1. The molecule has 1 aromatic heterocycles. The molecule has 1 atom stereocenters. The summed E-state index contributed by atoms with van der Waals surface area (Å²) in [7, 11) is 0. The number of benzene rings is 4. The van der Waals surface area contributed by atoms with Crippen LogP contribution in [0.1, 0.15) is 54.4 Å². The number of hydrogen-bond donors (Lipinski definition) is 0. The van der Waals surface area contributed by atoms with E-state index in [1.165, 1.54) is 22.3 Å². The summed E-state index contributed by atoms with van der Waals surface area (Å²) in [5.41, 5.74) is 5.40. The van der Waals surface area contributed by atoms with Gasteiger partial charge < -0.3 is 64.5 Å². The Kier molecular flexibility index (Phi) is 18.4. The number of aromatic nitrogens is 2. The van der Waals surface area contributed by atoms with Crippen molar-refractivity contribution in [2.75, 3.05) is 6.54 Å². The predicted molar refractivity (Wildman–Crippen MR) is 233 cm³/mol. The van der Waals surface area contributed by atoms with Gasteiger partial charge in [-0.25, -0.2) is 0 Å². The minimum absolute atomic E-state index is 0. The summed E-state index contributed by atoms with van der Waals surface area (Å²) in [5.74, 6) is 0.160. The van der Waals surface area contributed by atoms with E-state index in [0.29, 0.717) is 10.1 Å². The van der Waals surface area contributed by atoms with Gasteiger partial charge >= 0.3 is 0 Å². The summed E-state index contributed by atoms with van der Waals surface area (Å²) in [6.45, 7) is 2.51. The number of hydrogen-bond acceptors (Lipinski definition) is 6. The summed E-state index contributed by atoms with van der Waals surface area (Å²) < 4.78 is 4.82. The first-order chi connectivity index (χ1) is 25.3. The number of thiocarbonyl (C=S) groups is 1. The summed E-state index contributed by atoms with van der Waals surface area (Å²) in [6, 6.07) is 42.1. The number of aryl methyl sites for hydroxylation is 4. The summed E-state index contributed by atoms with van der Waals surface area (Å²) in [5, 5.41) is 2.19. The van der Waals surface area contributed by atoms with Crippen LogP contribution in [0.2, 0.25) is 0 Å². The van der Waals surface area contributed by atoms with Gasteiger partial charge in [0.1, 0.15) is 0 Å². The number of imidazole rings is 1. The van der Waals surface area contributed by atoms with Crippen molar-refractivity contribution in [1.82, 2.24) is 14.0 Å². The maximum atomic E-state index is 5.73. The van der Waals surface area contributed by atoms with E-state index in [1.807, 2.05) is 27.3 Å². The van der Waals surface area contributed by atoms with Crippen molar-refractivity contribution in [3.63, 3.8) is 0 Å². The van der Waals surface area contributed by atoms with Gasteiger partial charge in [-0.1, -0.05) is 134 Å². The van der Waals surface area contributed by atoms with Crippen molar-refractivity contribution in [3.8, 4) is 0 Å². The fourth-order valence-corrected chi connectivity index (χ4v) is 8.79. The molecule has 0 N–H and O–H groups in total. The van der Waals surface area contributed by atoms with Crippen LogP contribution in [-0.4, -0.2) is 25.6 Å². The third-order valence-corrected chi connectivity index (χ3v) is 12.3. The largest absolute Gasteiger partial charge is 0.783 e. The molecule has 0 bridgehead atoms. The van der Waals surface area contributed by atoms with Gasteiger partial charge in [0.25, 0.3) is 0 Å². The molecule has 5 aromatic rings. The van der Waals surface area contributed by atoms with E-state index in [2.05, 4.69) is 108 Å². The van der Waals surface area contributed by atoms with Gasteiger partial charge in [0.15, 0.2) is 4.77 Å². The van der Waals surface area contributed by atoms with Gasteiger partial charge in [-0.05, 0) is 92.3 Å². The summed E-state index contributed by atoms with van der Waals surface area (Å²) in [6.07, 6.45) is 9.24. The third kappa shape index (κ3) is 12.7. The van der Waals surface area contributed by atoms with Crippen LogP contribution in [0, 0.1) is 10.7 Å². The molecule has 0 saturated carbocycles. The van der Waals surface area contributed by atoms with Crippen molar-refractivity contribution in [2.45, 2.75) is 80.9 Å². The normalized spacial score (nSPS) is 13.8. The van der Waals surface area contributed by atoms with Crippen LogP contribution < -0.4 is 0 Å². The molecule has 10 heteroatoms. The molecular weight excluding hydrogens is 810 g/mol. The molecule has 1 unspecified atom stereocenters. The maximum Gasteiger partial charge on any atom is 0.176 e. The van der Waals surface area contributed by atoms with Gasteiger partial charge in [-0.3, -0.25) is 0 Å². The molecule has 0 spiro atoms. The Bertz CT molecular complexity index is 1790. The van der Waals surface area contributed by atoms with Crippen molar-refractivity contribution >= 4 is 79.9 Å². The molecule has 282 valence electrons.